The van der Waals surface area contributed by atoms with E-state index in [-0.39, 0.29) is 45.4 Å². The molecule has 1 saturated heterocycles. The smallest absolute Gasteiger partial charge is 0.0710 e. The zero-order valence-corrected chi connectivity index (χ0v) is 7.86. The van der Waals surface area contributed by atoms with E-state index < -0.39 is 6.10 Å². The molecule has 1 fully saturated rings. The molecule has 3 nitrogen and oxygen atoms in total. The third kappa shape index (κ3) is 2.60. The molecular formula is C5H9O3Y-. The molecule has 0 spiro atoms. The average Bonchev–Trinajstić information content (AvgIpc) is 2.14. The van der Waals surface area contributed by atoms with Crippen molar-refractivity contribution in [1.82, 2.24) is 0 Å². The third-order valence-electron chi connectivity index (χ3n) is 1.22. The Labute approximate surface area is 79.3 Å². The zero-order valence-electron chi connectivity index (χ0n) is 5.03. The van der Waals surface area contributed by atoms with E-state index in [0.29, 0.717) is 6.42 Å². The second-order valence-electron chi connectivity index (χ2n) is 1.83. The van der Waals surface area contributed by atoms with Crippen LogP contribution in [-0.4, -0.2) is 29.0 Å². The Morgan fingerprint density at radius 3 is 2.56 bits per heavy atom. The maximum absolute atomic E-state index is 8.87. The van der Waals surface area contributed by atoms with Gasteiger partial charge in [-0.05, 0) is 0 Å². The summed E-state index contributed by atoms with van der Waals surface area (Å²) in [5.74, 6) is 0. The van der Waals surface area contributed by atoms with Gasteiger partial charge in [0.1, 0.15) is 0 Å². The summed E-state index contributed by atoms with van der Waals surface area (Å²) in [5, 5.41) is 17.3. The van der Waals surface area contributed by atoms with Crippen LogP contribution in [0.3, 0.4) is 0 Å². The summed E-state index contributed by atoms with van der Waals surface area (Å²) in [5.41, 5.74) is 0. The first kappa shape index (κ1) is 9.98. The third-order valence-corrected chi connectivity index (χ3v) is 1.22. The molecule has 0 aromatic carbocycles. The van der Waals surface area contributed by atoms with Crippen LogP contribution in [0.25, 0.3) is 0 Å². The minimum absolute atomic E-state index is 0. The van der Waals surface area contributed by atoms with Crippen molar-refractivity contribution in [2.24, 2.45) is 0 Å². The molecule has 2 atom stereocenters. The Hall–Kier alpha value is 0.984. The largest absolute Gasteiger partial charge is 0.546 e. The molecule has 1 rings (SSSR count). The van der Waals surface area contributed by atoms with Crippen LogP contribution in [-0.2, 0) is 37.4 Å². The van der Waals surface area contributed by atoms with Crippen molar-refractivity contribution in [3.63, 3.8) is 0 Å². The van der Waals surface area contributed by atoms with Gasteiger partial charge < -0.3 is 14.9 Å². The predicted molar refractivity (Wildman–Crippen MR) is 26.9 cm³/mol. The van der Waals surface area contributed by atoms with Crippen LogP contribution in [0, 0.1) is 6.61 Å². The number of aliphatic hydroxyl groups excluding tert-OH is 2. The van der Waals surface area contributed by atoms with Gasteiger partial charge in [0.2, 0.25) is 0 Å². The first-order valence-corrected chi connectivity index (χ1v) is 2.60. The van der Waals surface area contributed by atoms with Crippen molar-refractivity contribution in [1.29, 1.82) is 0 Å². The second-order valence-corrected chi connectivity index (χ2v) is 1.83. The molecule has 1 unspecified atom stereocenters. The molecule has 1 heterocycles. The number of hydrogen-bond acceptors (Lipinski definition) is 3. The molecule has 0 aromatic rings. The van der Waals surface area contributed by atoms with Crippen molar-refractivity contribution in [3.8, 4) is 0 Å². The fraction of sp³-hybridized carbons (Fsp3) is 0.800. The zero-order chi connectivity index (χ0) is 5.98. The number of hydrogen-bond donors (Lipinski definition) is 2. The summed E-state index contributed by atoms with van der Waals surface area (Å²) in [6.45, 7) is 1.42. The molecule has 1 aliphatic heterocycles. The standard InChI is InChI=1S/C5H9O3.Y/c6-3-5-4(7)1-2-8-5;/h2,4-7H,1,3H2;/q-1;/t4?,5-;/m1./s1. The van der Waals surface area contributed by atoms with Crippen LogP contribution in [0.5, 0.6) is 0 Å². The van der Waals surface area contributed by atoms with Gasteiger partial charge in [0.15, 0.2) is 0 Å². The molecule has 2 N–H and O–H groups in total. The number of rotatable bonds is 1. The topological polar surface area (TPSA) is 49.7 Å². The first-order valence-electron chi connectivity index (χ1n) is 2.60. The molecule has 9 heavy (non-hydrogen) atoms. The molecule has 0 amide bonds. The van der Waals surface area contributed by atoms with Crippen molar-refractivity contribution >= 4 is 0 Å². The molecular weight excluding hydrogens is 197 g/mol. The Morgan fingerprint density at radius 1 is 1.67 bits per heavy atom. The fourth-order valence-corrected chi connectivity index (χ4v) is 0.685. The minimum Gasteiger partial charge on any atom is -0.546 e. The van der Waals surface area contributed by atoms with E-state index in [2.05, 4.69) is 0 Å². The van der Waals surface area contributed by atoms with E-state index in [0.717, 1.165) is 0 Å². The normalized spacial score (nSPS) is 34.0. The average molecular weight is 206 g/mol. The van der Waals surface area contributed by atoms with Crippen LogP contribution < -0.4 is 0 Å². The summed E-state index contributed by atoms with van der Waals surface area (Å²) in [6, 6.07) is 0. The molecule has 51 valence electrons. The van der Waals surface area contributed by atoms with Crippen LogP contribution in [0.2, 0.25) is 0 Å². The van der Waals surface area contributed by atoms with Gasteiger partial charge in [-0.3, -0.25) is 0 Å². The summed E-state index contributed by atoms with van der Waals surface area (Å²) >= 11 is 0. The van der Waals surface area contributed by atoms with Gasteiger partial charge in [-0.2, -0.15) is 0 Å². The van der Waals surface area contributed by atoms with Crippen molar-refractivity contribution in [2.75, 3.05) is 6.61 Å². The quantitative estimate of drug-likeness (QED) is 0.557. The molecule has 0 saturated carbocycles. The Kier molecular flexibility index (Phi) is 5.27. The Bertz CT molecular complexity index is 78.6. The van der Waals surface area contributed by atoms with Crippen LogP contribution in [0.4, 0.5) is 0 Å². The van der Waals surface area contributed by atoms with E-state index >= 15 is 0 Å². The van der Waals surface area contributed by atoms with Crippen molar-refractivity contribution < 1.29 is 47.7 Å². The maximum Gasteiger partial charge on any atom is 0.0710 e. The Balaban J connectivity index is 0.000000640. The molecule has 0 aromatic heterocycles. The van der Waals surface area contributed by atoms with E-state index in [1.54, 1.807) is 0 Å². The van der Waals surface area contributed by atoms with E-state index in [9.17, 15) is 0 Å². The van der Waals surface area contributed by atoms with Crippen LogP contribution >= 0.6 is 0 Å². The fourth-order valence-electron chi connectivity index (χ4n) is 0.685. The molecule has 1 radical (unpaired) electrons. The number of aliphatic hydroxyl groups is 2. The minimum atomic E-state index is -0.500. The van der Waals surface area contributed by atoms with Gasteiger partial charge in [0.25, 0.3) is 0 Å². The van der Waals surface area contributed by atoms with E-state index in [1.165, 1.54) is 6.61 Å². The Morgan fingerprint density at radius 2 is 2.33 bits per heavy atom. The van der Waals surface area contributed by atoms with Crippen LogP contribution in [0.1, 0.15) is 6.42 Å². The molecule has 0 bridgehead atoms. The molecule has 0 aliphatic carbocycles. The summed E-state index contributed by atoms with van der Waals surface area (Å²) in [7, 11) is 0. The van der Waals surface area contributed by atoms with Gasteiger partial charge in [-0.25, -0.2) is 6.61 Å². The van der Waals surface area contributed by atoms with Crippen molar-refractivity contribution in [2.45, 2.75) is 18.6 Å². The van der Waals surface area contributed by atoms with E-state index in [4.69, 9.17) is 14.9 Å². The van der Waals surface area contributed by atoms with Gasteiger partial charge in [0, 0.05) is 32.7 Å². The van der Waals surface area contributed by atoms with Gasteiger partial charge in [0.05, 0.1) is 18.8 Å². The maximum atomic E-state index is 8.87. The SMILES string of the molecule is OC[C@H]1O[CH-]CC1O.[Y]. The number of ether oxygens (including phenoxy) is 1. The molecule has 4 heteroatoms. The summed E-state index contributed by atoms with van der Waals surface area (Å²) in [6.07, 6.45) is -0.347. The van der Waals surface area contributed by atoms with E-state index in [1.807, 2.05) is 0 Å². The summed E-state index contributed by atoms with van der Waals surface area (Å²) in [4.78, 5) is 0. The van der Waals surface area contributed by atoms with Crippen molar-refractivity contribution in [3.05, 3.63) is 6.61 Å². The van der Waals surface area contributed by atoms with Gasteiger partial charge in [-0.1, -0.05) is 0 Å². The first-order chi connectivity index (χ1) is 3.84. The molecule has 1 aliphatic rings. The van der Waals surface area contributed by atoms with Gasteiger partial charge >= 0.3 is 0 Å². The van der Waals surface area contributed by atoms with Crippen LogP contribution in [0.15, 0.2) is 0 Å². The monoisotopic (exact) mass is 206 g/mol. The van der Waals surface area contributed by atoms with Gasteiger partial charge in [-0.15, -0.1) is 6.42 Å². The second kappa shape index (κ2) is 4.75. The summed E-state index contributed by atoms with van der Waals surface area (Å²) < 4.78 is 4.79. The predicted octanol–water partition coefficient (Wildman–Crippen LogP) is -0.712.